The van der Waals surface area contributed by atoms with Crippen LogP contribution >= 0.6 is 11.3 Å². The molecule has 0 unspecified atom stereocenters. The van der Waals surface area contributed by atoms with Gasteiger partial charge in [-0.15, -0.1) is 11.3 Å². The molecule has 2 nitrogen and oxygen atoms in total. The van der Waals surface area contributed by atoms with Crippen molar-refractivity contribution in [1.29, 1.82) is 0 Å². The molecule has 17 heavy (non-hydrogen) atoms. The fourth-order valence-corrected chi connectivity index (χ4v) is 3.46. The maximum atomic E-state index is 12.1. The number of carbonyl (C=O) groups is 1. The van der Waals surface area contributed by atoms with Crippen molar-refractivity contribution in [1.82, 2.24) is 0 Å². The molecule has 1 aliphatic rings. The van der Waals surface area contributed by atoms with E-state index < -0.39 is 0 Å². The van der Waals surface area contributed by atoms with Crippen LogP contribution in [0.25, 0.3) is 0 Å². The Morgan fingerprint density at radius 2 is 2.18 bits per heavy atom. The van der Waals surface area contributed by atoms with Crippen molar-refractivity contribution in [2.24, 2.45) is 5.92 Å². The first kappa shape index (κ1) is 12.8. The third-order valence-electron chi connectivity index (χ3n) is 3.36. The Hall–Kier alpha value is -0.670. The normalized spacial score (nSPS) is 23.5. The first-order valence-electron chi connectivity index (χ1n) is 6.32. The summed E-state index contributed by atoms with van der Waals surface area (Å²) in [5.41, 5.74) is 1.14. The van der Waals surface area contributed by atoms with Crippen molar-refractivity contribution in [3.8, 4) is 0 Å². The molecule has 94 valence electrons. The topological polar surface area (TPSA) is 26.3 Å². The molecule has 1 aromatic rings. The number of aryl methyl sites for hydroxylation is 2. The molecule has 1 saturated carbocycles. The predicted molar refractivity (Wildman–Crippen MR) is 70.9 cm³/mol. The van der Waals surface area contributed by atoms with E-state index in [0.717, 1.165) is 29.9 Å². The standard InChI is InChI=1S/C14H20O2S/c1-4-16-12-6-11(7-12)8-13(15)14-9(2)5-10(3)17-14/h5,11-12H,4,6-8H2,1-3H3. The van der Waals surface area contributed by atoms with E-state index in [4.69, 9.17) is 4.74 Å². The molecule has 2 rings (SSSR count). The largest absolute Gasteiger partial charge is 0.378 e. The number of thiophene rings is 1. The molecule has 0 aliphatic heterocycles. The lowest BCUT2D eigenvalue weighted by Gasteiger charge is -2.34. The van der Waals surface area contributed by atoms with Gasteiger partial charge in [0.15, 0.2) is 5.78 Å². The van der Waals surface area contributed by atoms with E-state index in [0.29, 0.717) is 24.2 Å². The summed E-state index contributed by atoms with van der Waals surface area (Å²) in [6, 6.07) is 2.10. The highest BCUT2D eigenvalue weighted by Gasteiger charge is 2.31. The van der Waals surface area contributed by atoms with Gasteiger partial charge in [-0.05, 0) is 51.2 Å². The maximum absolute atomic E-state index is 12.1. The van der Waals surface area contributed by atoms with E-state index >= 15 is 0 Å². The SMILES string of the molecule is CCOC1CC(CC(=O)c2sc(C)cc2C)C1. The number of carbonyl (C=O) groups excluding carboxylic acids is 1. The Balaban J connectivity index is 1.85. The van der Waals surface area contributed by atoms with Gasteiger partial charge in [-0.25, -0.2) is 0 Å². The van der Waals surface area contributed by atoms with Crippen LogP contribution in [0.4, 0.5) is 0 Å². The number of Topliss-reactive ketones (excluding diaryl/α,β-unsaturated/α-hetero) is 1. The maximum Gasteiger partial charge on any atom is 0.173 e. The van der Waals surface area contributed by atoms with Crippen LogP contribution in [0.3, 0.4) is 0 Å². The zero-order chi connectivity index (χ0) is 12.4. The Morgan fingerprint density at radius 1 is 1.47 bits per heavy atom. The fourth-order valence-electron chi connectivity index (χ4n) is 2.49. The van der Waals surface area contributed by atoms with E-state index in [1.165, 1.54) is 4.88 Å². The number of ketones is 1. The lowest BCUT2D eigenvalue weighted by atomic mass is 9.79. The summed E-state index contributed by atoms with van der Waals surface area (Å²) in [5.74, 6) is 0.862. The van der Waals surface area contributed by atoms with E-state index in [1.54, 1.807) is 11.3 Å². The highest BCUT2D eigenvalue weighted by atomic mass is 32.1. The molecular weight excluding hydrogens is 232 g/mol. The molecule has 1 heterocycles. The van der Waals surface area contributed by atoms with Crippen molar-refractivity contribution >= 4 is 17.1 Å². The van der Waals surface area contributed by atoms with Gasteiger partial charge in [0.1, 0.15) is 0 Å². The summed E-state index contributed by atoms with van der Waals surface area (Å²) in [6.07, 6.45) is 3.22. The Morgan fingerprint density at radius 3 is 2.71 bits per heavy atom. The summed E-state index contributed by atoms with van der Waals surface area (Å²) in [6.45, 7) is 6.90. The van der Waals surface area contributed by atoms with Crippen molar-refractivity contribution < 1.29 is 9.53 Å². The Bertz CT molecular complexity index is 402. The summed E-state index contributed by atoms with van der Waals surface area (Å²) >= 11 is 1.63. The molecule has 0 saturated heterocycles. The Kier molecular flexibility index (Phi) is 4.00. The zero-order valence-corrected chi connectivity index (χ0v) is 11.6. The molecule has 3 heteroatoms. The van der Waals surface area contributed by atoms with Crippen molar-refractivity contribution in [3.63, 3.8) is 0 Å². The van der Waals surface area contributed by atoms with Gasteiger partial charge >= 0.3 is 0 Å². The second kappa shape index (κ2) is 5.32. The molecule has 0 aromatic carbocycles. The van der Waals surface area contributed by atoms with Crippen LogP contribution in [0.1, 0.15) is 46.3 Å². The van der Waals surface area contributed by atoms with Crippen LogP contribution in [0.5, 0.6) is 0 Å². The second-order valence-corrected chi connectivity index (χ2v) is 6.17. The average molecular weight is 252 g/mol. The van der Waals surface area contributed by atoms with E-state index in [-0.39, 0.29) is 0 Å². The van der Waals surface area contributed by atoms with Gasteiger partial charge in [-0.3, -0.25) is 4.79 Å². The minimum absolute atomic E-state index is 0.320. The summed E-state index contributed by atoms with van der Waals surface area (Å²) in [4.78, 5) is 14.3. The van der Waals surface area contributed by atoms with E-state index in [2.05, 4.69) is 13.0 Å². The monoisotopic (exact) mass is 252 g/mol. The average Bonchev–Trinajstić information content (AvgIpc) is 2.54. The van der Waals surface area contributed by atoms with E-state index in [9.17, 15) is 4.79 Å². The first-order chi connectivity index (χ1) is 8.10. The van der Waals surface area contributed by atoms with Crippen molar-refractivity contribution in [3.05, 3.63) is 21.4 Å². The van der Waals surface area contributed by atoms with Crippen LogP contribution in [0, 0.1) is 19.8 Å². The third-order valence-corrected chi connectivity index (χ3v) is 4.56. The highest BCUT2D eigenvalue weighted by Crippen LogP contribution is 2.34. The van der Waals surface area contributed by atoms with Gasteiger partial charge in [-0.2, -0.15) is 0 Å². The first-order valence-corrected chi connectivity index (χ1v) is 7.13. The molecular formula is C14H20O2S. The number of hydrogen-bond acceptors (Lipinski definition) is 3. The molecule has 1 aromatic heterocycles. The van der Waals surface area contributed by atoms with Gasteiger partial charge in [0.2, 0.25) is 0 Å². The van der Waals surface area contributed by atoms with Gasteiger partial charge in [0.25, 0.3) is 0 Å². The lowest BCUT2D eigenvalue weighted by Crippen LogP contribution is -2.32. The van der Waals surface area contributed by atoms with Gasteiger partial charge in [0, 0.05) is 17.9 Å². The third kappa shape index (κ3) is 2.96. The van der Waals surface area contributed by atoms with Gasteiger partial charge < -0.3 is 4.74 Å². The van der Waals surface area contributed by atoms with Gasteiger partial charge in [0.05, 0.1) is 11.0 Å². The number of hydrogen-bond donors (Lipinski definition) is 0. The van der Waals surface area contributed by atoms with Crippen molar-refractivity contribution in [2.45, 2.75) is 46.1 Å². The fraction of sp³-hybridized carbons (Fsp3) is 0.643. The van der Waals surface area contributed by atoms with E-state index in [1.807, 2.05) is 13.8 Å². The summed E-state index contributed by atoms with van der Waals surface area (Å²) < 4.78 is 5.51. The molecule has 1 fully saturated rings. The second-order valence-electron chi connectivity index (χ2n) is 4.91. The minimum atomic E-state index is 0.320. The lowest BCUT2D eigenvalue weighted by molar-refractivity contribution is -0.0245. The van der Waals surface area contributed by atoms with Crippen LogP contribution < -0.4 is 0 Å². The van der Waals surface area contributed by atoms with Crippen LogP contribution in [0.15, 0.2) is 6.07 Å². The molecule has 0 atom stereocenters. The molecule has 1 aliphatic carbocycles. The molecule has 0 N–H and O–H groups in total. The molecule has 0 spiro atoms. The summed E-state index contributed by atoms with van der Waals surface area (Å²) in [7, 11) is 0. The quantitative estimate of drug-likeness (QED) is 0.746. The van der Waals surface area contributed by atoms with Crippen LogP contribution in [-0.4, -0.2) is 18.5 Å². The number of rotatable bonds is 5. The van der Waals surface area contributed by atoms with Crippen LogP contribution in [-0.2, 0) is 4.74 Å². The highest BCUT2D eigenvalue weighted by molar-refractivity contribution is 7.14. The van der Waals surface area contributed by atoms with Crippen molar-refractivity contribution in [2.75, 3.05) is 6.61 Å². The Labute approximate surface area is 107 Å². The summed E-state index contributed by atoms with van der Waals surface area (Å²) in [5, 5.41) is 0. The minimum Gasteiger partial charge on any atom is -0.378 e. The zero-order valence-electron chi connectivity index (χ0n) is 10.8. The van der Waals surface area contributed by atoms with Crippen LogP contribution in [0.2, 0.25) is 0 Å². The number of ether oxygens (including phenoxy) is 1. The predicted octanol–water partition coefficient (Wildman–Crippen LogP) is 3.75. The molecule has 0 amide bonds. The van der Waals surface area contributed by atoms with Gasteiger partial charge in [-0.1, -0.05) is 0 Å². The molecule has 0 bridgehead atoms. The smallest absolute Gasteiger partial charge is 0.173 e. The molecule has 0 radical (unpaired) electrons.